The minimum atomic E-state index is 0.990. The molecule has 0 atom stereocenters. The standard InChI is InChI=1S/C5H12N2/c1-3-4-7(2)5-6/h5-6H,3-4H2,1-2H3. The fourth-order valence-electron chi connectivity index (χ4n) is 0.417. The summed E-state index contributed by atoms with van der Waals surface area (Å²) in [4.78, 5) is 1.85. The topological polar surface area (TPSA) is 27.1 Å². The van der Waals surface area contributed by atoms with E-state index >= 15 is 0 Å². The minimum absolute atomic E-state index is 0.990. The Kier molecular flexibility index (Phi) is 3.38. The molecule has 0 saturated carbocycles. The molecule has 42 valence electrons. The molecule has 0 heterocycles. The van der Waals surface area contributed by atoms with Crippen LogP contribution < -0.4 is 0 Å². The molecule has 2 nitrogen and oxygen atoms in total. The Morgan fingerprint density at radius 3 is 2.43 bits per heavy atom. The minimum Gasteiger partial charge on any atom is -0.366 e. The van der Waals surface area contributed by atoms with E-state index in [1.54, 1.807) is 0 Å². The molecule has 0 aliphatic heterocycles. The third-order valence-electron chi connectivity index (χ3n) is 0.797. The van der Waals surface area contributed by atoms with Gasteiger partial charge >= 0.3 is 0 Å². The van der Waals surface area contributed by atoms with Gasteiger partial charge < -0.3 is 4.90 Å². The number of nitrogens with one attached hydrogen (secondary N) is 1. The van der Waals surface area contributed by atoms with E-state index in [0.717, 1.165) is 13.0 Å². The molecule has 0 amide bonds. The summed E-state index contributed by atoms with van der Waals surface area (Å²) in [6, 6.07) is 0. The van der Waals surface area contributed by atoms with Gasteiger partial charge in [0.15, 0.2) is 0 Å². The average molecular weight is 100 g/mol. The molecule has 0 spiro atoms. The van der Waals surface area contributed by atoms with E-state index in [4.69, 9.17) is 5.41 Å². The van der Waals surface area contributed by atoms with Crippen molar-refractivity contribution >= 4 is 6.34 Å². The highest BCUT2D eigenvalue weighted by Crippen LogP contribution is 1.77. The lowest BCUT2D eigenvalue weighted by Gasteiger charge is -2.07. The number of nitrogens with zero attached hydrogens (tertiary/aromatic N) is 1. The summed E-state index contributed by atoms with van der Waals surface area (Å²) in [6.45, 7) is 3.09. The van der Waals surface area contributed by atoms with Crippen LogP contribution in [-0.4, -0.2) is 24.8 Å². The van der Waals surface area contributed by atoms with Crippen LogP contribution in [0.1, 0.15) is 13.3 Å². The fraction of sp³-hybridized carbons (Fsp3) is 0.800. The lowest BCUT2D eigenvalue weighted by molar-refractivity contribution is 0.512. The SMILES string of the molecule is CCCN(C)C=N. The summed E-state index contributed by atoms with van der Waals surface area (Å²) in [7, 11) is 1.90. The summed E-state index contributed by atoms with van der Waals surface area (Å²) in [5.41, 5.74) is 0. The number of hydrogen-bond donors (Lipinski definition) is 1. The first kappa shape index (κ1) is 6.47. The normalized spacial score (nSPS) is 8.29. The van der Waals surface area contributed by atoms with Gasteiger partial charge in [-0.25, -0.2) is 0 Å². The molecule has 0 aromatic carbocycles. The summed E-state index contributed by atoms with van der Waals surface area (Å²) in [5, 5.41) is 6.71. The predicted octanol–water partition coefficient (Wildman–Crippen LogP) is 0.935. The number of rotatable bonds is 3. The van der Waals surface area contributed by atoms with Crippen molar-refractivity contribution in [1.82, 2.24) is 4.90 Å². The molecule has 1 N–H and O–H groups in total. The molecule has 7 heavy (non-hydrogen) atoms. The Hall–Kier alpha value is -0.530. The Bertz CT molecular complexity index is 52.0. The van der Waals surface area contributed by atoms with E-state index in [9.17, 15) is 0 Å². The van der Waals surface area contributed by atoms with E-state index in [0.29, 0.717) is 0 Å². The zero-order valence-corrected chi connectivity index (χ0v) is 4.94. The third kappa shape index (κ3) is 3.30. The summed E-state index contributed by atoms with van der Waals surface area (Å²) >= 11 is 0. The van der Waals surface area contributed by atoms with Crippen LogP contribution in [0.25, 0.3) is 0 Å². The van der Waals surface area contributed by atoms with Crippen LogP contribution in [0.3, 0.4) is 0 Å². The Morgan fingerprint density at radius 1 is 1.71 bits per heavy atom. The molecule has 0 saturated heterocycles. The van der Waals surface area contributed by atoms with Gasteiger partial charge in [0.05, 0.1) is 6.34 Å². The first-order valence-electron chi connectivity index (χ1n) is 2.52. The van der Waals surface area contributed by atoms with E-state index in [2.05, 4.69) is 6.92 Å². The van der Waals surface area contributed by atoms with Gasteiger partial charge in [0.1, 0.15) is 0 Å². The summed E-state index contributed by atoms with van der Waals surface area (Å²) in [6.07, 6.45) is 2.45. The Balaban J connectivity index is 2.98. The van der Waals surface area contributed by atoms with Crippen molar-refractivity contribution < 1.29 is 0 Å². The van der Waals surface area contributed by atoms with Crippen LogP contribution in [0.2, 0.25) is 0 Å². The van der Waals surface area contributed by atoms with E-state index in [1.807, 2.05) is 11.9 Å². The van der Waals surface area contributed by atoms with E-state index in [1.165, 1.54) is 6.34 Å². The Morgan fingerprint density at radius 2 is 2.29 bits per heavy atom. The van der Waals surface area contributed by atoms with Gasteiger partial charge in [-0.2, -0.15) is 0 Å². The highest BCUT2D eigenvalue weighted by molar-refractivity contribution is 5.49. The molecule has 0 bridgehead atoms. The lowest BCUT2D eigenvalue weighted by Crippen LogP contribution is -2.15. The van der Waals surface area contributed by atoms with Crippen molar-refractivity contribution in [2.75, 3.05) is 13.6 Å². The molecule has 0 unspecified atom stereocenters. The second-order valence-corrected chi connectivity index (χ2v) is 1.61. The summed E-state index contributed by atoms with van der Waals surface area (Å²) in [5.74, 6) is 0. The smallest absolute Gasteiger partial charge is 0.0814 e. The maximum atomic E-state index is 6.71. The molecule has 0 aromatic heterocycles. The quantitative estimate of drug-likeness (QED) is 0.414. The van der Waals surface area contributed by atoms with Gasteiger partial charge in [0.25, 0.3) is 0 Å². The van der Waals surface area contributed by atoms with Gasteiger partial charge in [-0.15, -0.1) is 0 Å². The van der Waals surface area contributed by atoms with Gasteiger partial charge in [0, 0.05) is 13.6 Å². The third-order valence-corrected chi connectivity index (χ3v) is 0.797. The highest BCUT2D eigenvalue weighted by atomic mass is 15.1. The highest BCUT2D eigenvalue weighted by Gasteiger charge is 1.82. The second kappa shape index (κ2) is 3.65. The zero-order valence-electron chi connectivity index (χ0n) is 4.94. The first-order valence-corrected chi connectivity index (χ1v) is 2.52. The zero-order chi connectivity index (χ0) is 5.70. The van der Waals surface area contributed by atoms with E-state index in [-0.39, 0.29) is 0 Å². The van der Waals surface area contributed by atoms with Crippen molar-refractivity contribution in [2.45, 2.75) is 13.3 Å². The van der Waals surface area contributed by atoms with Crippen molar-refractivity contribution in [3.8, 4) is 0 Å². The van der Waals surface area contributed by atoms with Crippen LogP contribution in [0.5, 0.6) is 0 Å². The average Bonchev–Trinajstić information content (AvgIpc) is 1.68. The fourth-order valence-corrected chi connectivity index (χ4v) is 0.417. The lowest BCUT2D eigenvalue weighted by atomic mass is 10.5. The van der Waals surface area contributed by atoms with Gasteiger partial charge in [-0.1, -0.05) is 6.92 Å². The van der Waals surface area contributed by atoms with Crippen molar-refractivity contribution in [3.05, 3.63) is 0 Å². The predicted molar refractivity (Wildman–Crippen MR) is 31.7 cm³/mol. The van der Waals surface area contributed by atoms with Crippen LogP contribution >= 0.6 is 0 Å². The Labute approximate surface area is 44.6 Å². The monoisotopic (exact) mass is 100 g/mol. The maximum absolute atomic E-state index is 6.71. The van der Waals surface area contributed by atoms with Gasteiger partial charge in [-0.3, -0.25) is 5.41 Å². The molecule has 2 heteroatoms. The van der Waals surface area contributed by atoms with E-state index < -0.39 is 0 Å². The molecule has 0 aromatic rings. The van der Waals surface area contributed by atoms with Gasteiger partial charge in [-0.05, 0) is 6.42 Å². The first-order chi connectivity index (χ1) is 3.31. The number of hydrogen-bond acceptors (Lipinski definition) is 1. The van der Waals surface area contributed by atoms with Crippen LogP contribution in [0, 0.1) is 5.41 Å². The van der Waals surface area contributed by atoms with Crippen LogP contribution in [-0.2, 0) is 0 Å². The largest absolute Gasteiger partial charge is 0.366 e. The van der Waals surface area contributed by atoms with Crippen LogP contribution in [0.4, 0.5) is 0 Å². The second-order valence-electron chi connectivity index (χ2n) is 1.61. The molecule has 0 radical (unpaired) electrons. The van der Waals surface area contributed by atoms with Gasteiger partial charge in [0.2, 0.25) is 0 Å². The van der Waals surface area contributed by atoms with Crippen molar-refractivity contribution in [3.63, 3.8) is 0 Å². The van der Waals surface area contributed by atoms with Crippen LogP contribution in [0.15, 0.2) is 0 Å². The molecule has 0 aliphatic carbocycles. The van der Waals surface area contributed by atoms with Crippen molar-refractivity contribution in [2.24, 2.45) is 0 Å². The maximum Gasteiger partial charge on any atom is 0.0814 e. The summed E-state index contributed by atoms with van der Waals surface area (Å²) < 4.78 is 0. The molecular formula is C5H12N2. The molecule has 0 rings (SSSR count). The molecule has 0 fully saturated rings. The molecule has 0 aliphatic rings. The van der Waals surface area contributed by atoms with Crippen molar-refractivity contribution in [1.29, 1.82) is 5.41 Å². The molecular weight excluding hydrogens is 88.1 g/mol.